The van der Waals surface area contributed by atoms with E-state index in [1.165, 1.54) is 12.1 Å². The van der Waals surface area contributed by atoms with Gasteiger partial charge < -0.3 is 5.32 Å². The van der Waals surface area contributed by atoms with Crippen LogP contribution in [0.4, 0.5) is 0 Å². The molecule has 0 aliphatic carbocycles. The number of hydrogen-bond donors (Lipinski definition) is 1. The van der Waals surface area contributed by atoms with E-state index in [2.05, 4.69) is 5.32 Å². The van der Waals surface area contributed by atoms with Gasteiger partial charge in [-0.05, 0) is 49.6 Å². The molecule has 0 bridgehead atoms. The van der Waals surface area contributed by atoms with Crippen LogP contribution in [0.3, 0.4) is 0 Å². The molecule has 0 saturated carbocycles. The predicted octanol–water partition coefficient (Wildman–Crippen LogP) is 0.931. The Bertz CT molecular complexity index is 633. The molecule has 0 amide bonds. The highest BCUT2D eigenvalue weighted by Gasteiger charge is 2.41. The fourth-order valence-corrected chi connectivity index (χ4v) is 4.88. The monoisotopic (exact) mass is 291 g/mol. The Balaban J connectivity index is 1.92. The van der Waals surface area contributed by atoms with Crippen molar-refractivity contribution in [2.75, 3.05) is 19.6 Å². The zero-order valence-electron chi connectivity index (χ0n) is 11.1. The van der Waals surface area contributed by atoms with Gasteiger partial charge >= 0.3 is 0 Å². The van der Waals surface area contributed by atoms with Crippen molar-refractivity contribution in [3.63, 3.8) is 0 Å². The van der Waals surface area contributed by atoms with Crippen LogP contribution >= 0.6 is 0 Å². The Labute approximate surface area is 119 Å². The van der Waals surface area contributed by atoms with Crippen LogP contribution in [0.25, 0.3) is 0 Å². The fourth-order valence-electron chi connectivity index (χ4n) is 3.16. The maximum absolute atomic E-state index is 12.7. The number of nitrogens with zero attached hydrogens (tertiary/aromatic N) is 2. The van der Waals surface area contributed by atoms with Crippen LogP contribution in [0, 0.1) is 17.2 Å². The van der Waals surface area contributed by atoms with Gasteiger partial charge in [0.2, 0.25) is 10.0 Å². The highest BCUT2D eigenvalue weighted by molar-refractivity contribution is 7.89. The molecular weight excluding hydrogens is 274 g/mol. The van der Waals surface area contributed by atoms with Crippen molar-refractivity contribution in [2.24, 2.45) is 5.92 Å². The van der Waals surface area contributed by atoms with E-state index in [0.29, 0.717) is 18.0 Å². The summed E-state index contributed by atoms with van der Waals surface area (Å²) in [5, 5.41) is 12.1. The molecule has 0 aromatic heterocycles. The van der Waals surface area contributed by atoms with Crippen LogP contribution in [-0.4, -0.2) is 38.4 Å². The molecule has 2 aliphatic rings. The zero-order chi connectivity index (χ0) is 14.2. The summed E-state index contributed by atoms with van der Waals surface area (Å²) < 4.78 is 27.1. The molecule has 106 valence electrons. The summed E-state index contributed by atoms with van der Waals surface area (Å²) in [5.41, 5.74) is 0.475. The zero-order valence-corrected chi connectivity index (χ0v) is 11.9. The minimum absolute atomic E-state index is 0.0735. The Hall–Kier alpha value is -1.42. The third-order valence-corrected chi connectivity index (χ3v) is 6.16. The van der Waals surface area contributed by atoms with Crippen LogP contribution in [-0.2, 0) is 10.0 Å². The molecule has 2 fully saturated rings. The molecule has 20 heavy (non-hydrogen) atoms. The van der Waals surface area contributed by atoms with Gasteiger partial charge in [0.1, 0.15) is 0 Å². The van der Waals surface area contributed by atoms with Crippen LogP contribution in [0.15, 0.2) is 29.2 Å². The number of rotatable bonds is 2. The molecule has 1 aromatic carbocycles. The first kappa shape index (κ1) is 13.6. The van der Waals surface area contributed by atoms with E-state index in [1.54, 1.807) is 16.4 Å². The van der Waals surface area contributed by atoms with Gasteiger partial charge in [-0.25, -0.2) is 8.42 Å². The first-order valence-electron chi connectivity index (χ1n) is 6.85. The number of sulfonamides is 1. The SMILES string of the molecule is N#Cc1ccc(S(=O)(=O)N2CCCC3CNCC32)cc1. The van der Waals surface area contributed by atoms with Gasteiger partial charge in [0.25, 0.3) is 0 Å². The fraction of sp³-hybridized carbons (Fsp3) is 0.500. The van der Waals surface area contributed by atoms with Crippen molar-refractivity contribution in [1.82, 2.24) is 9.62 Å². The number of benzene rings is 1. The third-order valence-electron chi connectivity index (χ3n) is 4.22. The lowest BCUT2D eigenvalue weighted by molar-refractivity contribution is 0.217. The quantitative estimate of drug-likeness (QED) is 0.880. The molecule has 2 saturated heterocycles. The summed E-state index contributed by atoms with van der Waals surface area (Å²) in [6, 6.07) is 8.25. The number of hydrogen-bond acceptors (Lipinski definition) is 4. The predicted molar refractivity (Wildman–Crippen MR) is 74.4 cm³/mol. The third kappa shape index (κ3) is 2.22. The van der Waals surface area contributed by atoms with E-state index in [9.17, 15) is 8.42 Å². The summed E-state index contributed by atoms with van der Waals surface area (Å²) in [7, 11) is -3.46. The standard InChI is InChI=1S/C14H17N3O2S/c15-8-11-3-5-13(6-4-11)20(18,19)17-7-1-2-12-9-16-10-14(12)17/h3-6,12,14,16H,1-2,7,9-10H2. The molecule has 1 N–H and O–H groups in total. The van der Waals surface area contributed by atoms with Crippen LogP contribution in [0.2, 0.25) is 0 Å². The van der Waals surface area contributed by atoms with E-state index in [4.69, 9.17) is 5.26 Å². The lowest BCUT2D eigenvalue weighted by Crippen LogP contribution is -2.48. The lowest BCUT2D eigenvalue weighted by Gasteiger charge is -2.35. The molecule has 3 rings (SSSR count). The van der Waals surface area contributed by atoms with E-state index < -0.39 is 10.0 Å². The van der Waals surface area contributed by atoms with Gasteiger partial charge in [0.15, 0.2) is 0 Å². The van der Waals surface area contributed by atoms with Gasteiger partial charge in [0.05, 0.1) is 16.5 Å². The van der Waals surface area contributed by atoms with Crippen molar-refractivity contribution in [3.8, 4) is 6.07 Å². The number of nitrogens with one attached hydrogen (secondary N) is 1. The Morgan fingerprint density at radius 1 is 1.25 bits per heavy atom. The topological polar surface area (TPSA) is 73.2 Å². The largest absolute Gasteiger partial charge is 0.315 e. The second-order valence-electron chi connectivity index (χ2n) is 5.38. The van der Waals surface area contributed by atoms with Crippen molar-refractivity contribution in [1.29, 1.82) is 5.26 Å². The Morgan fingerprint density at radius 2 is 2.00 bits per heavy atom. The molecule has 2 aliphatic heterocycles. The molecule has 2 atom stereocenters. The highest BCUT2D eigenvalue weighted by Crippen LogP contribution is 2.31. The van der Waals surface area contributed by atoms with E-state index in [1.807, 2.05) is 6.07 Å². The van der Waals surface area contributed by atoms with Gasteiger partial charge in [0, 0.05) is 19.1 Å². The minimum atomic E-state index is -3.46. The van der Waals surface area contributed by atoms with Gasteiger partial charge in [-0.15, -0.1) is 0 Å². The first-order chi connectivity index (χ1) is 9.63. The van der Waals surface area contributed by atoms with E-state index in [-0.39, 0.29) is 10.9 Å². The highest BCUT2D eigenvalue weighted by atomic mass is 32.2. The van der Waals surface area contributed by atoms with Crippen LogP contribution < -0.4 is 5.32 Å². The summed E-state index contributed by atoms with van der Waals surface area (Å²) >= 11 is 0. The normalized spacial score (nSPS) is 26.9. The number of piperidine rings is 1. The second-order valence-corrected chi connectivity index (χ2v) is 7.27. The Morgan fingerprint density at radius 3 is 2.70 bits per heavy atom. The smallest absolute Gasteiger partial charge is 0.243 e. The number of nitriles is 1. The Kier molecular flexibility index (Phi) is 3.50. The molecule has 6 heteroatoms. The van der Waals surface area contributed by atoms with Crippen molar-refractivity contribution in [3.05, 3.63) is 29.8 Å². The first-order valence-corrected chi connectivity index (χ1v) is 8.29. The molecule has 5 nitrogen and oxygen atoms in total. The minimum Gasteiger partial charge on any atom is -0.315 e. The molecule has 0 spiro atoms. The number of fused-ring (bicyclic) bond motifs is 1. The molecular formula is C14H17N3O2S. The van der Waals surface area contributed by atoms with Crippen molar-refractivity contribution < 1.29 is 8.42 Å². The van der Waals surface area contributed by atoms with E-state index in [0.717, 1.165) is 25.9 Å². The maximum Gasteiger partial charge on any atom is 0.243 e. The van der Waals surface area contributed by atoms with Crippen LogP contribution in [0.5, 0.6) is 0 Å². The summed E-state index contributed by atoms with van der Waals surface area (Å²) in [6.07, 6.45) is 2.01. The molecule has 0 radical (unpaired) electrons. The average molecular weight is 291 g/mol. The molecule has 2 unspecified atom stereocenters. The summed E-state index contributed by atoms with van der Waals surface area (Å²) in [6.45, 7) is 2.23. The van der Waals surface area contributed by atoms with Crippen LogP contribution in [0.1, 0.15) is 18.4 Å². The van der Waals surface area contributed by atoms with Crippen molar-refractivity contribution >= 4 is 10.0 Å². The lowest BCUT2D eigenvalue weighted by atomic mass is 9.94. The molecule has 1 aromatic rings. The maximum atomic E-state index is 12.7. The van der Waals surface area contributed by atoms with Gasteiger partial charge in [-0.2, -0.15) is 9.57 Å². The summed E-state index contributed by atoms with van der Waals surface area (Å²) in [5.74, 6) is 0.428. The average Bonchev–Trinajstić information content (AvgIpc) is 2.95. The van der Waals surface area contributed by atoms with Gasteiger partial charge in [-0.1, -0.05) is 0 Å². The van der Waals surface area contributed by atoms with E-state index >= 15 is 0 Å². The van der Waals surface area contributed by atoms with Gasteiger partial charge in [-0.3, -0.25) is 0 Å². The summed E-state index contributed by atoms with van der Waals surface area (Å²) in [4.78, 5) is 0.282. The molecule has 2 heterocycles. The second kappa shape index (κ2) is 5.17. The van der Waals surface area contributed by atoms with Crippen molar-refractivity contribution in [2.45, 2.75) is 23.8 Å².